The van der Waals surface area contributed by atoms with Gasteiger partial charge in [0.1, 0.15) is 0 Å². The van der Waals surface area contributed by atoms with Gasteiger partial charge in [-0.25, -0.2) is 15.0 Å². The number of para-hydroxylation sites is 10. The van der Waals surface area contributed by atoms with Crippen molar-refractivity contribution in [1.82, 2.24) is 42.4 Å². The Bertz CT molecular complexity index is 7660. The molecule has 1 aliphatic carbocycles. The van der Waals surface area contributed by atoms with E-state index in [0.29, 0.717) is 17.5 Å². The molecule has 114 heavy (non-hydrogen) atoms. The summed E-state index contributed by atoms with van der Waals surface area (Å²) in [7, 11) is 0. The lowest BCUT2D eigenvalue weighted by atomic mass is 9.86. The van der Waals surface area contributed by atoms with Crippen LogP contribution in [-0.2, 0) is 6.42 Å². The number of hydrogen-bond donors (Lipinski definition) is 0. The van der Waals surface area contributed by atoms with E-state index in [-0.39, 0.29) is 5.92 Å². The second-order valence-electron chi connectivity index (χ2n) is 30.2. The Morgan fingerprint density at radius 1 is 0.219 bits per heavy atom. The van der Waals surface area contributed by atoms with E-state index < -0.39 is 0 Å². The molecule has 1 atom stereocenters. The van der Waals surface area contributed by atoms with E-state index >= 15 is 0 Å². The first-order chi connectivity index (χ1) is 56.6. The van der Waals surface area contributed by atoms with Crippen LogP contribution in [0.25, 0.3) is 205 Å². The number of rotatable bonds is 11. The molecule has 16 aromatic carbocycles. The van der Waals surface area contributed by atoms with Gasteiger partial charge in [-0.05, 0) is 162 Å². The van der Waals surface area contributed by atoms with Crippen LogP contribution >= 0.6 is 0 Å². The van der Waals surface area contributed by atoms with Crippen molar-refractivity contribution in [1.29, 1.82) is 0 Å². The Labute approximate surface area is 654 Å². The topological polar surface area (TPSA) is 68.2 Å². The Morgan fingerprint density at radius 3 is 1.13 bits per heavy atom. The first kappa shape index (κ1) is 63.7. The van der Waals surface area contributed by atoms with Crippen molar-refractivity contribution in [2.24, 2.45) is 0 Å². The summed E-state index contributed by atoms with van der Waals surface area (Å²) in [4.78, 5) is 16.9. The van der Waals surface area contributed by atoms with E-state index in [1.165, 1.54) is 54.8 Å². The Balaban J connectivity index is 0.806. The first-order valence-electron chi connectivity index (χ1n) is 39.2. The maximum Gasteiger partial charge on any atom is 0.164 e. The molecule has 9 heteroatoms. The molecule has 532 valence electrons. The minimum Gasteiger partial charge on any atom is -0.310 e. The number of hydrogen-bond acceptors (Lipinski definition) is 3. The van der Waals surface area contributed by atoms with Crippen molar-refractivity contribution in [3.8, 4) is 79.4 Å². The monoisotopic (exact) mass is 1450 g/mol. The highest BCUT2D eigenvalue weighted by Gasteiger charge is 2.31. The SMILES string of the molecule is C1=CC(c2ccc3c(c2)c2ccc(-c4ccc5c(c4)c4ccccc4n5-c4ccccc4)cc2n3-c2c(-n3c4ccccc4c4ccccc43)cc(-c3nc(-c4ccccc4)nc(-c4cccc(-n5c6ccccc6c6ccccc65)c4)n3)cc2-n2c3ccccc3c3ccccc32)Cc2c1n(-c1ccccc1)c1ccccc21. The van der Waals surface area contributed by atoms with Gasteiger partial charge in [-0.3, -0.25) is 0 Å². The summed E-state index contributed by atoms with van der Waals surface area (Å²) in [5, 5.41) is 13.0. The lowest BCUT2D eigenvalue weighted by molar-refractivity contribution is 0.826. The third-order valence-corrected chi connectivity index (χ3v) is 24.0. The van der Waals surface area contributed by atoms with E-state index in [1.54, 1.807) is 0 Å². The summed E-state index contributed by atoms with van der Waals surface area (Å²) in [5.74, 6) is 1.74. The molecular weight excluding hydrogens is 1390 g/mol. The van der Waals surface area contributed by atoms with Gasteiger partial charge in [0.2, 0.25) is 0 Å². The normalized spacial score (nSPS) is 13.1. The fraction of sp³-hybridized carbons (Fsp3) is 0.0190. The molecule has 1 unspecified atom stereocenters. The highest BCUT2D eigenvalue weighted by atomic mass is 15.1. The van der Waals surface area contributed by atoms with E-state index in [0.717, 1.165) is 150 Å². The Morgan fingerprint density at radius 2 is 0.588 bits per heavy atom. The van der Waals surface area contributed by atoms with Crippen molar-refractivity contribution in [3.05, 3.63) is 399 Å². The maximum atomic E-state index is 5.77. The molecule has 9 nitrogen and oxygen atoms in total. The summed E-state index contributed by atoms with van der Waals surface area (Å²) >= 11 is 0. The molecule has 0 bridgehead atoms. The molecule has 1 aliphatic rings. The predicted octanol–water partition coefficient (Wildman–Crippen LogP) is 26.3. The highest BCUT2D eigenvalue weighted by Crippen LogP contribution is 2.49. The molecule has 0 radical (unpaired) electrons. The van der Waals surface area contributed by atoms with Crippen molar-refractivity contribution < 1.29 is 0 Å². The summed E-state index contributed by atoms with van der Waals surface area (Å²) in [6, 6.07) is 138. The van der Waals surface area contributed by atoms with Crippen molar-refractivity contribution in [2.75, 3.05) is 0 Å². The van der Waals surface area contributed by atoms with E-state index in [1.807, 2.05) is 6.07 Å². The highest BCUT2D eigenvalue weighted by molar-refractivity contribution is 6.16. The molecule has 0 amide bonds. The van der Waals surface area contributed by atoms with E-state index in [4.69, 9.17) is 15.0 Å². The molecular formula is C105H67N9. The van der Waals surface area contributed by atoms with E-state index in [2.05, 4.69) is 410 Å². The number of benzene rings is 16. The van der Waals surface area contributed by atoms with Gasteiger partial charge in [0.05, 0.1) is 77.7 Å². The van der Waals surface area contributed by atoms with Gasteiger partial charge in [-0.1, -0.05) is 255 Å². The number of aromatic nitrogens is 9. The lowest BCUT2D eigenvalue weighted by Gasteiger charge is -2.24. The van der Waals surface area contributed by atoms with Crippen LogP contribution in [0.4, 0.5) is 0 Å². The lowest BCUT2D eigenvalue weighted by Crippen LogP contribution is -2.11. The Kier molecular flexibility index (Phi) is 14.1. The second kappa shape index (κ2) is 25.2. The van der Waals surface area contributed by atoms with Crippen LogP contribution in [-0.4, -0.2) is 42.4 Å². The van der Waals surface area contributed by atoms with Crippen molar-refractivity contribution in [2.45, 2.75) is 12.3 Å². The van der Waals surface area contributed by atoms with Crippen molar-refractivity contribution >= 4 is 126 Å². The average molecular weight is 1450 g/mol. The zero-order valence-corrected chi connectivity index (χ0v) is 61.8. The predicted molar refractivity (Wildman–Crippen MR) is 472 cm³/mol. The third kappa shape index (κ3) is 9.69. The van der Waals surface area contributed by atoms with Crippen LogP contribution in [0.15, 0.2) is 382 Å². The molecule has 0 saturated heterocycles. The van der Waals surface area contributed by atoms with Crippen molar-refractivity contribution in [3.63, 3.8) is 0 Å². The fourth-order valence-electron chi connectivity index (χ4n) is 19.0. The number of nitrogens with zero attached hydrogens (tertiary/aromatic N) is 9. The van der Waals surface area contributed by atoms with Crippen LogP contribution < -0.4 is 0 Å². The summed E-state index contributed by atoms with van der Waals surface area (Å²) in [5.41, 5.74) is 27.0. The number of allylic oxidation sites excluding steroid dienone is 1. The minimum atomic E-state index is 0.0853. The summed E-state index contributed by atoms with van der Waals surface area (Å²) in [6.07, 6.45) is 5.67. The fourth-order valence-corrected chi connectivity index (χ4v) is 19.0. The average Bonchev–Trinajstić information content (AvgIpc) is 1.53. The molecule has 7 heterocycles. The Hall–Kier alpha value is -15.2. The largest absolute Gasteiger partial charge is 0.310 e. The number of fused-ring (bicyclic) bond motifs is 18. The van der Waals surface area contributed by atoms with Crippen LogP contribution in [0.3, 0.4) is 0 Å². The van der Waals surface area contributed by atoms with Gasteiger partial charge in [-0.15, -0.1) is 0 Å². The quantitative estimate of drug-likeness (QED) is 0.130. The van der Waals surface area contributed by atoms with Gasteiger partial charge in [0, 0.05) is 105 Å². The standard InChI is InChI=1S/C105H67N9/c1-4-27-66(28-5-1)103-106-104(71-29-26-34-75(59-71)111-88-43-18-10-35-76(88)77-36-11-19-44-89(77)111)108-105(107-103)72-64-100(112-92-47-22-12-37-78(92)79-38-13-23-48-93(79)112)102(101(65-72)113-94-49-24-14-39-80(94)81-40-15-25-50-95(81)113)114-98-58-54-68(67-52-56-96-85(60-67)82-41-16-20-45-90(82)109(96)73-30-6-2-7-31-73)61-87(98)84-55-51-70(63-99(84)114)69-53-57-97-86(62-69)83-42-17-21-46-91(83)110(97)74-32-8-3-9-33-74/h1-59,61-65,67H,60H2. The van der Waals surface area contributed by atoms with Gasteiger partial charge < -0.3 is 27.4 Å². The molecule has 0 fully saturated rings. The van der Waals surface area contributed by atoms with Gasteiger partial charge >= 0.3 is 0 Å². The van der Waals surface area contributed by atoms with Crippen LogP contribution in [0.5, 0.6) is 0 Å². The summed E-state index contributed by atoms with van der Waals surface area (Å²) in [6.45, 7) is 0. The van der Waals surface area contributed by atoms with Crippen LogP contribution in [0.1, 0.15) is 22.7 Å². The maximum absolute atomic E-state index is 5.77. The van der Waals surface area contributed by atoms with Crippen LogP contribution in [0.2, 0.25) is 0 Å². The molecule has 0 N–H and O–H groups in total. The zero-order chi connectivity index (χ0) is 74.6. The summed E-state index contributed by atoms with van der Waals surface area (Å²) < 4.78 is 14.8. The molecule has 24 rings (SSSR count). The molecule has 0 saturated carbocycles. The molecule has 7 aromatic heterocycles. The minimum absolute atomic E-state index is 0.0853. The smallest absolute Gasteiger partial charge is 0.164 e. The molecule has 0 spiro atoms. The van der Waals surface area contributed by atoms with Gasteiger partial charge in [0.25, 0.3) is 0 Å². The van der Waals surface area contributed by atoms with Gasteiger partial charge in [0.15, 0.2) is 17.5 Å². The molecule has 23 aromatic rings. The van der Waals surface area contributed by atoms with Crippen LogP contribution in [0, 0.1) is 0 Å². The zero-order valence-electron chi connectivity index (χ0n) is 61.8. The van der Waals surface area contributed by atoms with Gasteiger partial charge in [-0.2, -0.15) is 0 Å². The third-order valence-electron chi connectivity index (χ3n) is 24.0. The first-order valence-corrected chi connectivity index (χ1v) is 39.2. The van der Waals surface area contributed by atoms with E-state index in [9.17, 15) is 0 Å². The second-order valence-corrected chi connectivity index (χ2v) is 30.2. The molecule has 0 aliphatic heterocycles.